The standard InChI is InChI=1S/C56H36N4/c1-2-9-37(10-3-1)53-44-12-4-6-14-46(44)54(47-15-7-5-13-45(47)53)52-31-26-43-34-41(24-29-51(43)59-52)40-23-28-50-42(33-40)25-30-48(58-50)35-16-18-36(19-17-35)49-27-22-39-21-20-38-11-8-32-57-55(38)56(39)60-49/h1-4,6-12,14-34H,5,13H2. The summed E-state index contributed by atoms with van der Waals surface area (Å²) in [6, 6.07) is 62.5. The summed E-state index contributed by atoms with van der Waals surface area (Å²) in [5.41, 5.74) is 17.6. The van der Waals surface area contributed by atoms with Gasteiger partial charge in [-0.25, -0.2) is 15.0 Å². The van der Waals surface area contributed by atoms with E-state index < -0.39 is 0 Å². The van der Waals surface area contributed by atoms with E-state index in [-0.39, 0.29) is 0 Å². The molecule has 0 aliphatic heterocycles. The Hall–Kier alpha value is -7.82. The van der Waals surface area contributed by atoms with Gasteiger partial charge in [0, 0.05) is 44.4 Å². The van der Waals surface area contributed by atoms with Crippen LogP contribution in [0, 0.1) is 0 Å². The number of benzene rings is 7. The van der Waals surface area contributed by atoms with Crippen LogP contribution in [0.25, 0.3) is 116 Å². The second-order valence-electron chi connectivity index (χ2n) is 15.7. The van der Waals surface area contributed by atoms with E-state index in [0.717, 1.165) is 95.8 Å². The number of hydrogen-bond donors (Lipinski definition) is 0. The van der Waals surface area contributed by atoms with Crippen molar-refractivity contribution in [3.63, 3.8) is 0 Å². The zero-order valence-corrected chi connectivity index (χ0v) is 32.7. The lowest BCUT2D eigenvalue weighted by molar-refractivity contribution is 0.991. The Balaban J connectivity index is 0.845. The number of allylic oxidation sites excluding steroid dienone is 1. The van der Waals surface area contributed by atoms with Crippen molar-refractivity contribution in [2.75, 3.05) is 0 Å². The average molecular weight is 765 g/mol. The molecule has 0 saturated carbocycles. The third-order valence-corrected chi connectivity index (χ3v) is 12.1. The van der Waals surface area contributed by atoms with Crippen LogP contribution in [0.15, 0.2) is 188 Å². The highest BCUT2D eigenvalue weighted by molar-refractivity contribution is 6.10. The molecule has 7 aromatic carbocycles. The SMILES string of the molecule is C1=Cc2c(c(-c3ccccc3)c3ccccc3c2-c2ccc3cc(-c4ccc5nc(-c6ccc(-c7ccc8ccc9cccnc9c8n7)cc6)ccc5c4)ccc3n2)CC1. The lowest BCUT2D eigenvalue weighted by atomic mass is 9.81. The first-order valence-corrected chi connectivity index (χ1v) is 20.6. The highest BCUT2D eigenvalue weighted by Crippen LogP contribution is 2.44. The molecule has 0 atom stereocenters. The summed E-state index contributed by atoms with van der Waals surface area (Å²) >= 11 is 0. The molecule has 60 heavy (non-hydrogen) atoms. The van der Waals surface area contributed by atoms with Gasteiger partial charge in [-0.3, -0.25) is 4.98 Å². The topological polar surface area (TPSA) is 51.6 Å². The molecule has 12 rings (SSSR count). The molecule has 0 spiro atoms. The first-order chi connectivity index (χ1) is 29.7. The maximum absolute atomic E-state index is 5.32. The Bertz CT molecular complexity index is 3530. The van der Waals surface area contributed by atoms with Gasteiger partial charge in [0.25, 0.3) is 0 Å². The molecule has 4 heteroatoms. The van der Waals surface area contributed by atoms with E-state index in [2.05, 4.69) is 187 Å². The van der Waals surface area contributed by atoms with Gasteiger partial charge in [-0.1, -0.05) is 140 Å². The summed E-state index contributed by atoms with van der Waals surface area (Å²) in [7, 11) is 0. The maximum atomic E-state index is 5.32. The lowest BCUT2D eigenvalue weighted by Crippen LogP contribution is -2.03. The van der Waals surface area contributed by atoms with Crippen LogP contribution >= 0.6 is 0 Å². The Kier molecular flexibility index (Phi) is 7.95. The minimum atomic E-state index is 0.922. The van der Waals surface area contributed by atoms with Gasteiger partial charge in [0.15, 0.2) is 0 Å². The van der Waals surface area contributed by atoms with Crippen LogP contribution < -0.4 is 0 Å². The average Bonchev–Trinajstić information content (AvgIpc) is 3.32. The van der Waals surface area contributed by atoms with Gasteiger partial charge < -0.3 is 0 Å². The molecule has 0 unspecified atom stereocenters. The molecule has 4 nitrogen and oxygen atoms in total. The number of fused-ring (bicyclic) bond motifs is 7. The number of nitrogens with zero attached hydrogens (tertiary/aromatic N) is 4. The molecule has 11 aromatic rings. The predicted octanol–water partition coefficient (Wildman–Crippen LogP) is 14.3. The van der Waals surface area contributed by atoms with Crippen molar-refractivity contribution in [1.29, 1.82) is 0 Å². The molecule has 0 radical (unpaired) electrons. The zero-order valence-electron chi connectivity index (χ0n) is 32.7. The van der Waals surface area contributed by atoms with Gasteiger partial charge in [-0.2, -0.15) is 0 Å². The number of aromatic nitrogens is 4. The molecule has 1 aliphatic rings. The number of rotatable bonds is 5. The van der Waals surface area contributed by atoms with E-state index in [9.17, 15) is 0 Å². The van der Waals surface area contributed by atoms with E-state index in [1.165, 1.54) is 38.6 Å². The van der Waals surface area contributed by atoms with Gasteiger partial charge in [0.2, 0.25) is 0 Å². The van der Waals surface area contributed by atoms with E-state index >= 15 is 0 Å². The van der Waals surface area contributed by atoms with E-state index in [1.54, 1.807) is 0 Å². The van der Waals surface area contributed by atoms with Gasteiger partial charge in [-0.05, 0) is 106 Å². The fraction of sp³-hybridized carbons (Fsp3) is 0.0357. The monoisotopic (exact) mass is 764 g/mol. The molecule has 4 heterocycles. The molecule has 0 fully saturated rings. The van der Waals surface area contributed by atoms with E-state index in [0.29, 0.717) is 0 Å². The largest absolute Gasteiger partial charge is 0.254 e. The van der Waals surface area contributed by atoms with Gasteiger partial charge in [-0.15, -0.1) is 0 Å². The van der Waals surface area contributed by atoms with Crippen LogP contribution in [0.4, 0.5) is 0 Å². The van der Waals surface area contributed by atoms with Crippen molar-refractivity contribution in [3.8, 4) is 56.0 Å². The summed E-state index contributed by atoms with van der Waals surface area (Å²) in [6.07, 6.45) is 8.52. The Morgan fingerprint density at radius 1 is 0.383 bits per heavy atom. The zero-order chi connectivity index (χ0) is 39.6. The summed E-state index contributed by atoms with van der Waals surface area (Å²) in [6.45, 7) is 0. The van der Waals surface area contributed by atoms with E-state index in [1.807, 2.05) is 12.3 Å². The minimum Gasteiger partial charge on any atom is -0.254 e. The van der Waals surface area contributed by atoms with Crippen LogP contribution in [0.2, 0.25) is 0 Å². The fourth-order valence-electron chi connectivity index (χ4n) is 9.20. The van der Waals surface area contributed by atoms with Crippen molar-refractivity contribution < 1.29 is 0 Å². The van der Waals surface area contributed by atoms with Crippen molar-refractivity contribution in [2.45, 2.75) is 12.8 Å². The van der Waals surface area contributed by atoms with Crippen molar-refractivity contribution in [2.24, 2.45) is 0 Å². The predicted molar refractivity (Wildman–Crippen MR) is 250 cm³/mol. The molecule has 0 bridgehead atoms. The third kappa shape index (κ3) is 5.76. The van der Waals surface area contributed by atoms with Crippen LogP contribution in [-0.2, 0) is 6.42 Å². The number of hydrogen-bond acceptors (Lipinski definition) is 4. The molecule has 280 valence electrons. The van der Waals surface area contributed by atoms with Crippen molar-refractivity contribution >= 4 is 60.5 Å². The van der Waals surface area contributed by atoms with Crippen LogP contribution in [0.5, 0.6) is 0 Å². The van der Waals surface area contributed by atoms with Crippen molar-refractivity contribution in [3.05, 3.63) is 199 Å². The molecular formula is C56H36N4. The van der Waals surface area contributed by atoms with Gasteiger partial charge in [0.05, 0.1) is 39.1 Å². The van der Waals surface area contributed by atoms with E-state index in [4.69, 9.17) is 15.0 Å². The summed E-state index contributed by atoms with van der Waals surface area (Å²) in [5.74, 6) is 0. The normalized spacial score (nSPS) is 12.5. The summed E-state index contributed by atoms with van der Waals surface area (Å²) in [4.78, 5) is 20.1. The smallest absolute Gasteiger partial charge is 0.0972 e. The third-order valence-electron chi connectivity index (χ3n) is 12.1. The maximum Gasteiger partial charge on any atom is 0.0972 e. The Labute approximate surface area is 347 Å². The Morgan fingerprint density at radius 2 is 0.950 bits per heavy atom. The molecule has 0 amide bonds. The fourth-order valence-corrected chi connectivity index (χ4v) is 9.20. The first-order valence-electron chi connectivity index (χ1n) is 20.6. The second kappa shape index (κ2) is 13.9. The molecule has 0 N–H and O–H groups in total. The highest BCUT2D eigenvalue weighted by atomic mass is 14.8. The van der Waals surface area contributed by atoms with Crippen molar-refractivity contribution in [1.82, 2.24) is 19.9 Å². The molecular weight excluding hydrogens is 729 g/mol. The quantitative estimate of drug-likeness (QED) is 0.164. The molecule has 1 aliphatic carbocycles. The van der Waals surface area contributed by atoms with Crippen LogP contribution in [0.3, 0.4) is 0 Å². The molecule has 4 aromatic heterocycles. The first kappa shape index (κ1) is 34.2. The second-order valence-corrected chi connectivity index (χ2v) is 15.7. The Morgan fingerprint density at radius 3 is 1.67 bits per heavy atom. The van der Waals surface area contributed by atoms with Gasteiger partial charge >= 0.3 is 0 Å². The summed E-state index contributed by atoms with van der Waals surface area (Å²) < 4.78 is 0. The lowest BCUT2D eigenvalue weighted by Gasteiger charge is -2.23. The summed E-state index contributed by atoms with van der Waals surface area (Å²) in [5, 5.41) is 6.92. The molecule has 0 saturated heterocycles. The van der Waals surface area contributed by atoms with Crippen LogP contribution in [0.1, 0.15) is 17.5 Å². The van der Waals surface area contributed by atoms with Gasteiger partial charge in [0.1, 0.15) is 0 Å². The highest BCUT2D eigenvalue weighted by Gasteiger charge is 2.22. The minimum absolute atomic E-state index is 0.922. The van der Waals surface area contributed by atoms with Crippen LogP contribution in [-0.4, -0.2) is 19.9 Å². The number of pyridine rings is 4.